The molecule has 0 amide bonds. The van der Waals surface area contributed by atoms with Crippen LogP contribution in [0.4, 0.5) is 17.5 Å². The molecule has 196 valence electrons. The number of anilines is 3. The van der Waals surface area contributed by atoms with E-state index in [-0.39, 0.29) is 5.54 Å². The molecule has 0 radical (unpaired) electrons. The Hall–Kier alpha value is -3.43. The van der Waals surface area contributed by atoms with Crippen molar-refractivity contribution in [2.45, 2.75) is 53.0 Å². The SMILES string of the molecule is CC.CC.CNc1nc(/C(=C/N)N(C)N)cc2cc(Nc3cc(C(C)(NC)C4CC4)ccn3)ncc12. The molecule has 0 saturated heterocycles. The van der Waals surface area contributed by atoms with Crippen LogP contribution in [0.15, 0.2) is 42.9 Å². The first kappa shape index (κ1) is 28.8. The molecule has 1 fully saturated rings. The van der Waals surface area contributed by atoms with Crippen LogP contribution < -0.4 is 27.5 Å². The first-order valence-corrected chi connectivity index (χ1v) is 12.7. The fraction of sp³-hybridized carbons (Fsp3) is 0.444. The van der Waals surface area contributed by atoms with Gasteiger partial charge < -0.3 is 26.7 Å². The quantitative estimate of drug-likeness (QED) is 0.222. The molecule has 36 heavy (non-hydrogen) atoms. The zero-order valence-electron chi connectivity index (χ0n) is 23.0. The van der Waals surface area contributed by atoms with Crippen LogP contribution in [0, 0.1) is 5.92 Å². The number of aromatic nitrogens is 3. The normalized spacial score (nSPS) is 14.5. The highest BCUT2D eigenvalue weighted by molar-refractivity contribution is 5.94. The Labute approximate surface area is 215 Å². The zero-order chi connectivity index (χ0) is 26.9. The maximum absolute atomic E-state index is 5.92. The number of hydrogen-bond donors (Lipinski definition) is 5. The summed E-state index contributed by atoms with van der Waals surface area (Å²) >= 11 is 0. The summed E-state index contributed by atoms with van der Waals surface area (Å²) < 4.78 is 0. The Morgan fingerprint density at radius 1 is 1.08 bits per heavy atom. The van der Waals surface area contributed by atoms with Gasteiger partial charge in [-0.15, -0.1) is 0 Å². The molecular weight excluding hydrogens is 450 g/mol. The molecule has 0 bridgehead atoms. The van der Waals surface area contributed by atoms with E-state index >= 15 is 0 Å². The van der Waals surface area contributed by atoms with Crippen LogP contribution in [-0.2, 0) is 5.54 Å². The molecule has 0 spiro atoms. The van der Waals surface area contributed by atoms with Crippen LogP contribution in [0.2, 0.25) is 0 Å². The summed E-state index contributed by atoms with van der Waals surface area (Å²) in [7, 11) is 5.57. The van der Waals surface area contributed by atoms with E-state index in [2.05, 4.69) is 50.0 Å². The van der Waals surface area contributed by atoms with E-state index in [4.69, 9.17) is 11.6 Å². The molecule has 3 heterocycles. The lowest BCUT2D eigenvalue weighted by molar-refractivity contribution is 0.346. The second kappa shape index (κ2) is 13.0. The largest absolute Gasteiger partial charge is 0.403 e. The summed E-state index contributed by atoms with van der Waals surface area (Å²) in [6.07, 6.45) is 7.57. The van der Waals surface area contributed by atoms with E-state index in [1.165, 1.54) is 29.6 Å². The lowest BCUT2D eigenvalue weighted by Crippen LogP contribution is -2.39. The van der Waals surface area contributed by atoms with E-state index < -0.39 is 0 Å². The lowest BCUT2D eigenvalue weighted by atomic mass is 9.87. The topological polar surface area (TPSA) is 130 Å². The lowest BCUT2D eigenvalue weighted by Gasteiger charge is -2.30. The van der Waals surface area contributed by atoms with Crippen molar-refractivity contribution in [1.82, 2.24) is 25.3 Å². The Morgan fingerprint density at radius 2 is 1.75 bits per heavy atom. The predicted octanol–water partition coefficient (Wildman–Crippen LogP) is 4.77. The van der Waals surface area contributed by atoms with Crippen molar-refractivity contribution in [1.29, 1.82) is 0 Å². The van der Waals surface area contributed by atoms with Crippen molar-refractivity contribution < 1.29 is 0 Å². The van der Waals surface area contributed by atoms with Gasteiger partial charge >= 0.3 is 0 Å². The van der Waals surface area contributed by atoms with Gasteiger partial charge in [-0.25, -0.2) is 20.8 Å². The molecule has 9 heteroatoms. The number of nitrogens with zero attached hydrogens (tertiary/aromatic N) is 4. The molecule has 1 atom stereocenters. The smallest absolute Gasteiger partial charge is 0.135 e. The summed E-state index contributed by atoms with van der Waals surface area (Å²) in [6, 6.07) is 8.09. The summed E-state index contributed by atoms with van der Waals surface area (Å²) in [6.45, 7) is 10.3. The number of hydrogen-bond acceptors (Lipinski definition) is 9. The van der Waals surface area contributed by atoms with Crippen LogP contribution in [0.3, 0.4) is 0 Å². The van der Waals surface area contributed by atoms with E-state index in [0.717, 1.165) is 16.6 Å². The van der Waals surface area contributed by atoms with Gasteiger partial charge in [-0.3, -0.25) is 0 Å². The van der Waals surface area contributed by atoms with Crippen molar-refractivity contribution in [2.75, 3.05) is 31.8 Å². The third-order valence-corrected chi connectivity index (χ3v) is 6.28. The number of nitrogens with two attached hydrogens (primary N) is 2. The molecular formula is C27H43N9. The van der Waals surface area contributed by atoms with Crippen molar-refractivity contribution in [2.24, 2.45) is 17.5 Å². The monoisotopic (exact) mass is 493 g/mol. The number of pyridine rings is 3. The minimum absolute atomic E-state index is 0.0579. The molecule has 0 aliphatic heterocycles. The van der Waals surface area contributed by atoms with Gasteiger partial charge in [0.25, 0.3) is 0 Å². The molecule has 9 nitrogen and oxygen atoms in total. The highest BCUT2D eigenvalue weighted by Crippen LogP contribution is 2.45. The minimum atomic E-state index is -0.0579. The van der Waals surface area contributed by atoms with Crippen molar-refractivity contribution in [3.05, 3.63) is 54.1 Å². The van der Waals surface area contributed by atoms with E-state index in [1.54, 1.807) is 13.2 Å². The van der Waals surface area contributed by atoms with Crippen LogP contribution >= 0.6 is 0 Å². The Morgan fingerprint density at radius 3 is 2.31 bits per heavy atom. The van der Waals surface area contributed by atoms with Crippen LogP contribution in [0.25, 0.3) is 16.5 Å². The van der Waals surface area contributed by atoms with Gasteiger partial charge in [0.05, 0.1) is 11.4 Å². The molecule has 3 aromatic heterocycles. The van der Waals surface area contributed by atoms with Gasteiger partial charge in [-0.05, 0) is 67.9 Å². The Bertz CT molecular complexity index is 1160. The molecule has 4 rings (SSSR count). The van der Waals surface area contributed by atoms with Crippen LogP contribution in [0.5, 0.6) is 0 Å². The molecule has 1 unspecified atom stereocenters. The number of hydrazine groups is 1. The number of fused-ring (bicyclic) bond motifs is 1. The van der Waals surface area contributed by atoms with Gasteiger partial charge in [-0.1, -0.05) is 27.7 Å². The molecule has 0 aromatic carbocycles. The molecule has 1 saturated carbocycles. The van der Waals surface area contributed by atoms with Crippen molar-refractivity contribution in [3.8, 4) is 0 Å². The van der Waals surface area contributed by atoms with Gasteiger partial charge in [0.15, 0.2) is 0 Å². The maximum atomic E-state index is 5.92. The van der Waals surface area contributed by atoms with Gasteiger partial charge in [0, 0.05) is 43.6 Å². The standard InChI is InChI=1S/C23H31N9.2C2H6/c1-23(27-3,15-5-6-15)16-7-8-28-21(11-16)31-20-10-14-9-18(19(12-24)32(4)25)30-22(26-2)17(14)13-29-20;2*1-2/h7-13,15,27H,5-6,24-25H2,1-4H3,(H,26,30)(H,28,29,31);2*1-2H3/b19-12-;;. The molecule has 7 N–H and O–H groups in total. The number of nitrogens with one attached hydrogen (secondary N) is 3. The van der Waals surface area contributed by atoms with Crippen molar-refractivity contribution in [3.63, 3.8) is 0 Å². The fourth-order valence-electron chi connectivity index (χ4n) is 4.12. The summed E-state index contributed by atoms with van der Waals surface area (Å²) in [5.41, 5.74) is 8.22. The highest BCUT2D eigenvalue weighted by atomic mass is 15.4. The van der Waals surface area contributed by atoms with E-state index in [9.17, 15) is 0 Å². The second-order valence-electron chi connectivity index (χ2n) is 8.34. The predicted molar refractivity (Wildman–Crippen MR) is 153 cm³/mol. The van der Waals surface area contributed by atoms with Crippen LogP contribution in [-0.4, -0.2) is 41.1 Å². The average Bonchev–Trinajstić information content (AvgIpc) is 3.76. The van der Waals surface area contributed by atoms with E-state index in [1.807, 2.05) is 60.1 Å². The third kappa shape index (κ3) is 6.22. The summed E-state index contributed by atoms with van der Waals surface area (Å²) in [5, 5.41) is 13.3. The van der Waals surface area contributed by atoms with Gasteiger partial charge in [0.2, 0.25) is 0 Å². The molecule has 3 aromatic rings. The first-order chi connectivity index (χ1) is 17.4. The highest BCUT2D eigenvalue weighted by Gasteiger charge is 2.41. The summed E-state index contributed by atoms with van der Waals surface area (Å²) in [4.78, 5) is 13.7. The van der Waals surface area contributed by atoms with E-state index in [0.29, 0.717) is 28.9 Å². The van der Waals surface area contributed by atoms with Crippen molar-refractivity contribution >= 4 is 33.9 Å². The average molecular weight is 494 g/mol. The van der Waals surface area contributed by atoms with Gasteiger partial charge in [-0.2, -0.15) is 0 Å². The molecule has 1 aliphatic rings. The van der Waals surface area contributed by atoms with Crippen LogP contribution in [0.1, 0.15) is 58.7 Å². The number of rotatable bonds is 8. The second-order valence-corrected chi connectivity index (χ2v) is 8.34. The Kier molecular flexibility index (Phi) is 10.4. The zero-order valence-corrected chi connectivity index (χ0v) is 23.0. The maximum Gasteiger partial charge on any atom is 0.135 e. The third-order valence-electron chi connectivity index (χ3n) is 6.28. The Balaban J connectivity index is 0.00000109. The van der Waals surface area contributed by atoms with Gasteiger partial charge in [0.1, 0.15) is 17.5 Å². The first-order valence-electron chi connectivity index (χ1n) is 12.7. The molecule has 1 aliphatic carbocycles. The fourth-order valence-corrected chi connectivity index (χ4v) is 4.12. The minimum Gasteiger partial charge on any atom is -0.403 e. The summed E-state index contributed by atoms with van der Waals surface area (Å²) in [5.74, 6) is 8.72.